The van der Waals surface area contributed by atoms with Crippen LogP contribution in [0.15, 0.2) is 18.3 Å². The molecule has 2 aliphatic heterocycles. The lowest BCUT2D eigenvalue weighted by molar-refractivity contribution is -0.123. The van der Waals surface area contributed by atoms with Gasteiger partial charge in [0.1, 0.15) is 5.82 Å². The summed E-state index contributed by atoms with van der Waals surface area (Å²) < 4.78 is 0. The van der Waals surface area contributed by atoms with Crippen LogP contribution < -0.4 is 10.6 Å². The second kappa shape index (κ2) is 7.20. The molecule has 2 N–H and O–H groups in total. The fourth-order valence-corrected chi connectivity index (χ4v) is 3.72. The second-order valence-corrected chi connectivity index (χ2v) is 6.93. The van der Waals surface area contributed by atoms with E-state index in [1.54, 1.807) is 17.2 Å². The summed E-state index contributed by atoms with van der Waals surface area (Å²) in [6.07, 6.45) is 6.87. The van der Waals surface area contributed by atoms with Crippen molar-refractivity contribution in [1.29, 1.82) is 0 Å². The summed E-state index contributed by atoms with van der Waals surface area (Å²) in [5, 5.41) is 0. The van der Waals surface area contributed by atoms with Crippen molar-refractivity contribution in [3.8, 4) is 0 Å². The van der Waals surface area contributed by atoms with Gasteiger partial charge in [0.25, 0.3) is 5.91 Å². The molecule has 3 rings (SSSR count). The number of hydrogen-bond donors (Lipinski definition) is 1. The van der Waals surface area contributed by atoms with Crippen molar-refractivity contribution >= 4 is 17.6 Å². The van der Waals surface area contributed by atoms with Crippen LogP contribution in [0.3, 0.4) is 0 Å². The van der Waals surface area contributed by atoms with E-state index < -0.39 is 0 Å². The van der Waals surface area contributed by atoms with Crippen LogP contribution in [0.1, 0.15) is 49.4 Å². The summed E-state index contributed by atoms with van der Waals surface area (Å²) in [6, 6.07) is 4.10. The van der Waals surface area contributed by atoms with E-state index >= 15 is 0 Å². The molecule has 6 heteroatoms. The molecule has 0 radical (unpaired) electrons. The maximum Gasteiger partial charge on any atom is 0.254 e. The van der Waals surface area contributed by atoms with Gasteiger partial charge in [-0.1, -0.05) is 0 Å². The summed E-state index contributed by atoms with van der Waals surface area (Å²) in [5.74, 6) is 0.293. The third-order valence-electron chi connectivity index (χ3n) is 5.20. The highest BCUT2D eigenvalue weighted by molar-refractivity contribution is 5.95. The van der Waals surface area contributed by atoms with Crippen LogP contribution in [0.25, 0.3) is 0 Å². The molecule has 0 aromatic carbocycles. The molecule has 2 saturated heterocycles. The van der Waals surface area contributed by atoms with Crippen molar-refractivity contribution in [3.63, 3.8) is 0 Å². The van der Waals surface area contributed by atoms with Gasteiger partial charge in [0.05, 0.1) is 5.92 Å². The standard InChI is InChI=1S/C18H26N4O2/c1-13-5-2-3-10-22(13)16-11-14(7-8-20-16)18(24)21-9-4-6-15(12-21)17(19)23/h7-8,11,13,15H,2-6,9-10,12H2,1H3,(H2,19,23)/t13-,15-/m1/s1. The van der Waals surface area contributed by atoms with Crippen molar-refractivity contribution in [1.82, 2.24) is 9.88 Å². The van der Waals surface area contributed by atoms with Crippen molar-refractivity contribution < 1.29 is 9.59 Å². The number of nitrogens with two attached hydrogens (primary N) is 1. The first kappa shape index (κ1) is 16.7. The monoisotopic (exact) mass is 330 g/mol. The molecule has 2 aliphatic rings. The number of primary amides is 1. The normalized spacial score (nSPS) is 24.7. The summed E-state index contributed by atoms with van der Waals surface area (Å²) in [7, 11) is 0. The SMILES string of the molecule is C[C@@H]1CCCCN1c1cc(C(=O)N2CCC[C@@H](C(N)=O)C2)ccn1. The smallest absolute Gasteiger partial charge is 0.254 e. The maximum absolute atomic E-state index is 12.8. The Morgan fingerprint density at radius 2 is 2.04 bits per heavy atom. The Kier molecular flexibility index (Phi) is 5.02. The molecule has 2 amide bonds. The first-order chi connectivity index (χ1) is 11.6. The molecule has 3 heterocycles. The minimum absolute atomic E-state index is 0.0331. The lowest BCUT2D eigenvalue weighted by Crippen LogP contribution is -2.44. The fourth-order valence-electron chi connectivity index (χ4n) is 3.72. The molecule has 0 spiro atoms. The van der Waals surface area contributed by atoms with Crippen LogP contribution in [-0.2, 0) is 4.79 Å². The minimum Gasteiger partial charge on any atom is -0.369 e. The van der Waals surface area contributed by atoms with Crippen LogP contribution in [0.4, 0.5) is 5.82 Å². The summed E-state index contributed by atoms with van der Waals surface area (Å²) >= 11 is 0. The molecule has 2 fully saturated rings. The van der Waals surface area contributed by atoms with E-state index in [-0.39, 0.29) is 17.7 Å². The van der Waals surface area contributed by atoms with Gasteiger partial charge in [-0.25, -0.2) is 4.98 Å². The first-order valence-electron chi connectivity index (χ1n) is 8.87. The molecule has 0 saturated carbocycles. The predicted molar refractivity (Wildman–Crippen MR) is 92.7 cm³/mol. The van der Waals surface area contributed by atoms with Crippen LogP contribution >= 0.6 is 0 Å². The van der Waals surface area contributed by atoms with Crippen molar-refractivity contribution in [3.05, 3.63) is 23.9 Å². The van der Waals surface area contributed by atoms with Crippen LogP contribution in [-0.4, -0.2) is 47.4 Å². The number of carbonyl (C=O) groups excluding carboxylic acids is 2. The molecule has 0 aliphatic carbocycles. The highest BCUT2D eigenvalue weighted by atomic mass is 16.2. The third-order valence-corrected chi connectivity index (χ3v) is 5.20. The van der Waals surface area contributed by atoms with Crippen LogP contribution in [0.2, 0.25) is 0 Å². The highest BCUT2D eigenvalue weighted by Gasteiger charge is 2.28. The number of hydrogen-bond acceptors (Lipinski definition) is 4. The zero-order chi connectivity index (χ0) is 17.1. The van der Waals surface area contributed by atoms with Crippen molar-refractivity contribution in [2.75, 3.05) is 24.5 Å². The van der Waals surface area contributed by atoms with Gasteiger partial charge < -0.3 is 15.5 Å². The van der Waals surface area contributed by atoms with Gasteiger partial charge in [-0.05, 0) is 51.2 Å². The predicted octanol–water partition coefficient (Wildman–Crippen LogP) is 1.80. The largest absolute Gasteiger partial charge is 0.369 e. The molecule has 0 bridgehead atoms. The number of pyridine rings is 1. The Bertz CT molecular complexity index is 619. The lowest BCUT2D eigenvalue weighted by Gasteiger charge is -2.35. The Morgan fingerprint density at radius 3 is 2.79 bits per heavy atom. The molecule has 1 aromatic rings. The molecule has 6 nitrogen and oxygen atoms in total. The van der Waals surface area contributed by atoms with Gasteiger partial charge in [0, 0.05) is 37.4 Å². The molecule has 24 heavy (non-hydrogen) atoms. The minimum atomic E-state index is -0.315. The Morgan fingerprint density at radius 1 is 1.21 bits per heavy atom. The topological polar surface area (TPSA) is 79.5 Å². The van der Waals surface area contributed by atoms with Crippen LogP contribution in [0, 0.1) is 5.92 Å². The van der Waals surface area contributed by atoms with E-state index in [2.05, 4.69) is 16.8 Å². The number of likely N-dealkylation sites (tertiary alicyclic amines) is 1. The van der Waals surface area contributed by atoms with E-state index in [0.717, 1.165) is 38.0 Å². The Hall–Kier alpha value is -2.11. The van der Waals surface area contributed by atoms with Gasteiger partial charge >= 0.3 is 0 Å². The molecule has 2 atom stereocenters. The average Bonchev–Trinajstić information content (AvgIpc) is 2.61. The zero-order valence-electron chi connectivity index (χ0n) is 14.3. The number of carbonyl (C=O) groups is 2. The van der Waals surface area contributed by atoms with Gasteiger partial charge in [-0.3, -0.25) is 9.59 Å². The van der Waals surface area contributed by atoms with E-state index in [4.69, 9.17) is 5.73 Å². The number of amides is 2. The quantitative estimate of drug-likeness (QED) is 0.916. The molecular formula is C18H26N4O2. The maximum atomic E-state index is 12.8. The number of piperidine rings is 2. The van der Waals surface area contributed by atoms with E-state index in [1.807, 2.05) is 6.07 Å². The molecule has 0 unspecified atom stereocenters. The fraction of sp³-hybridized carbons (Fsp3) is 0.611. The van der Waals surface area contributed by atoms with Gasteiger partial charge in [0.15, 0.2) is 0 Å². The summed E-state index contributed by atoms with van der Waals surface area (Å²) in [5.41, 5.74) is 6.05. The average molecular weight is 330 g/mol. The van der Waals surface area contributed by atoms with Gasteiger partial charge in [-0.2, -0.15) is 0 Å². The van der Waals surface area contributed by atoms with Crippen molar-refractivity contribution in [2.24, 2.45) is 11.7 Å². The third kappa shape index (κ3) is 3.52. The Labute approximate surface area is 143 Å². The number of nitrogens with zero attached hydrogens (tertiary/aromatic N) is 3. The number of rotatable bonds is 3. The molecule has 1 aromatic heterocycles. The number of aromatic nitrogens is 1. The lowest BCUT2D eigenvalue weighted by atomic mass is 9.97. The number of anilines is 1. The molecule has 130 valence electrons. The Balaban J connectivity index is 1.75. The first-order valence-corrected chi connectivity index (χ1v) is 8.87. The van der Waals surface area contributed by atoms with E-state index in [9.17, 15) is 9.59 Å². The zero-order valence-corrected chi connectivity index (χ0v) is 14.3. The van der Waals surface area contributed by atoms with E-state index in [1.165, 1.54) is 6.42 Å². The van der Waals surface area contributed by atoms with Crippen molar-refractivity contribution in [2.45, 2.75) is 45.1 Å². The second-order valence-electron chi connectivity index (χ2n) is 6.93. The van der Waals surface area contributed by atoms with Gasteiger partial charge in [0.2, 0.25) is 5.91 Å². The van der Waals surface area contributed by atoms with Crippen LogP contribution in [0.5, 0.6) is 0 Å². The highest BCUT2D eigenvalue weighted by Crippen LogP contribution is 2.24. The van der Waals surface area contributed by atoms with Gasteiger partial charge in [-0.15, -0.1) is 0 Å². The molecular weight excluding hydrogens is 304 g/mol. The summed E-state index contributed by atoms with van der Waals surface area (Å²) in [6.45, 7) is 4.29. The summed E-state index contributed by atoms with van der Waals surface area (Å²) in [4.78, 5) is 32.7. The van der Waals surface area contributed by atoms with E-state index in [0.29, 0.717) is 24.7 Å².